The van der Waals surface area contributed by atoms with E-state index in [4.69, 9.17) is 4.74 Å². The van der Waals surface area contributed by atoms with Crippen LogP contribution in [-0.4, -0.2) is 46.4 Å². The van der Waals surface area contributed by atoms with Crippen LogP contribution in [0.1, 0.15) is 35.7 Å². The fourth-order valence-electron chi connectivity index (χ4n) is 4.23. The largest absolute Gasteiger partial charge is 0.390 e. The van der Waals surface area contributed by atoms with Crippen molar-refractivity contribution < 1.29 is 9.84 Å². The number of aliphatic hydroxyl groups excluding tert-OH is 1. The highest BCUT2D eigenvalue weighted by atomic mass is 16.5. The highest BCUT2D eigenvalue weighted by molar-refractivity contribution is 5.45. The number of methoxy groups -OCH3 is 1. The van der Waals surface area contributed by atoms with E-state index in [2.05, 4.69) is 33.8 Å². The molecule has 2 unspecified atom stereocenters. The molecule has 0 radical (unpaired) electrons. The molecule has 2 heterocycles. The van der Waals surface area contributed by atoms with Crippen LogP contribution >= 0.6 is 0 Å². The van der Waals surface area contributed by atoms with E-state index < -0.39 is 6.10 Å². The van der Waals surface area contributed by atoms with Crippen molar-refractivity contribution in [3.05, 3.63) is 47.3 Å². The first-order valence-corrected chi connectivity index (χ1v) is 8.14. The van der Waals surface area contributed by atoms with E-state index in [0.717, 1.165) is 37.2 Å². The van der Waals surface area contributed by atoms with Gasteiger partial charge in [-0.25, -0.2) is 4.68 Å². The Labute approximate surface area is 135 Å². The van der Waals surface area contributed by atoms with E-state index in [9.17, 15) is 5.11 Å². The molecule has 2 aliphatic rings. The number of aliphatic hydroxyl groups is 1. The monoisotopic (exact) mass is 314 g/mol. The van der Waals surface area contributed by atoms with E-state index >= 15 is 0 Å². The zero-order chi connectivity index (χ0) is 15.9. The molecule has 1 aliphatic heterocycles. The Hall–Kier alpha value is -1.76. The second kappa shape index (κ2) is 5.70. The number of rotatable bonds is 3. The first-order valence-electron chi connectivity index (χ1n) is 8.14. The topological polar surface area (TPSA) is 72.2 Å². The molecule has 4 rings (SSSR count). The average molecular weight is 314 g/mol. The van der Waals surface area contributed by atoms with Crippen LogP contribution in [0.5, 0.6) is 0 Å². The van der Waals surface area contributed by atoms with Crippen LogP contribution < -0.4 is 5.32 Å². The smallest absolute Gasteiger partial charge is 0.108 e. The molecular weight excluding hydrogens is 292 g/mol. The highest BCUT2D eigenvalue weighted by Crippen LogP contribution is 2.51. The molecule has 1 spiro atoms. The lowest BCUT2D eigenvalue weighted by atomic mass is 9.72. The lowest BCUT2D eigenvalue weighted by Gasteiger charge is -2.38. The molecule has 122 valence electrons. The van der Waals surface area contributed by atoms with Crippen molar-refractivity contribution in [3.63, 3.8) is 0 Å². The summed E-state index contributed by atoms with van der Waals surface area (Å²) in [6.45, 7) is 2.30. The minimum absolute atomic E-state index is 0.178. The van der Waals surface area contributed by atoms with Gasteiger partial charge in [-0.2, -0.15) is 0 Å². The van der Waals surface area contributed by atoms with E-state index in [1.165, 1.54) is 5.56 Å². The normalized spacial score (nSPS) is 25.7. The molecule has 0 bridgehead atoms. The van der Waals surface area contributed by atoms with Crippen molar-refractivity contribution >= 4 is 0 Å². The zero-order valence-corrected chi connectivity index (χ0v) is 13.3. The number of ether oxygens (including phenoxy) is 1. The lowest BCUT2D eigenvalue weighted by Crippen LogP contribution is -2.47. The first kappa shape index (κ1) is 14.8. The summed E-state index contributed by atoms with van der Waals surface area (Å²) in [5.74, 6) is 0. The van der Waals surface area contributed by atoms with Crippen LogP contribution in [0.3, 0.4) is 0 Å². The molecule has 1 aromatic heterocycles. The van der Waals surface area contributed by atoms with Gasteiger partial charge in [0.15, 0.2) is 0 Å². The molecule has 6 nitrogen and oxygen atoms in total. The first-order chi connectivity index (χ1) is 11.3. The molecule has 1 saturated heterocycles. The summed E-state index contributed by atoms with van der Waals surface area (Å²) in [7, 11) is 1.64. The van der Waals surface area contributed by atoms with Gasteiger partial charge in [0.25, 0.3) is 0 Å². The number of hydrogen-bond donors (Lipinski definition) is 2. The molecule has 2 N–H and O–H groups in total. The number of nitrogens with one attached hydrogen (secondary N) is 1. The predicted octanol–water partition coefficient (Wildman–Crippen LogP) is 1.01. The quantitative estimate of drug-likeness (QED) is 0.885. The summed E-state index contributed by atoms with van der Waals surface area (Å²) in [5.41, 5.74) is 3.03. The maximum atomic E-state index is 11.2. The molecule has 1 aliphatic carbocycles. The van der Waals surface area contributed by atoms with Crippen molar-refractivity contribution in [2.75, 3.05) is 20.2 Å². The third kappa shape index (κ3) is 2.21. The van der Waals surface area contributed by atoms with Crippen molar-refractivity contribution in [1.82, 2.24) is 20.3 Å². The summed E-state index contributed by atoms with van der Waals surface area (Å²) in [6.07, 6.45) is 3.29. The van der Waals surface area contributed by atoms with Crippen LogP contribution in [0, 0.1) is 0 Å². The Morgan fingerprint density at radius 1 is 1.35 bits per heavy atom. The third-order valence-electron chi connectivity index (χ3n) is 5.31. The van der Waals surface area contributed by atoms with E-state index in [1.807, 2.05) is 12.3 Å². The molecule has 0 saturated carbocycles. The van der Waals surface area contributed by atoms with E-state index in [-0.39, 0.29) is 11.5 Å². The van der Waals surface area contributed by atoms with Crippen LogP contribution in [0.25, 0.3) is 0 Å². The minimum atomic E-state index is -0.487. The SMILES string of the molecule is COCc1cn(C2c3ccccc3C3(CCNCC3)C2O)nn1. The van der Waals surface area contributed by atoms with Gasteiger partial charge < -0.3 is 15.2 Å². The molecule has 2 aromatic rings. The van der Waals surface area contributed by atoms with Crippen LogP contribution in [0.4, 0.5) is 0 Å². The maximum Gasteiger partial charge on any atom is 0.108 e. The Kier molecular flexibility index (Phi) is 3.67. The second-order valence-corrected chi connectivity index (χ2v) is 6.51. The summed E-state index contributed by atoms with van der Waals surface area (Å²) in [4.78, 5) is 0. The number of hydrogen-bond acceptors (Lipinski definition) is 5. The van der Waals surface area contributed by atoms with Gasteiger partial charge in [0.05, 0.1) is 18.9 Å². The zero-order valence-electron chi connectivity index (χ0n) is 13.3. The second-order valence-electron chi connectivity index (χ2n) is 6.51. The van der Waals surface area contributed by atoms with Crippen LogP contribution in [-0.2, 0) is 16.8 Å². The van der Waals surface area contributed by atoms with Gasteiger partial charge in [-0.05, 0) is 37.1 Å². The number of fused-ring (bicyclic) bond motifs is 2. The lowest BCUT2D eigenvalue weighted by molar-refractivity contribution is 0.0421. The number of piperidine rings is 1. The van der Waals surface area contributed by atoms with Gasteiger partial charge in [-0.15, -0.1) is 5.10 Å². The molecule has 0 amide bonds. The molecule has 6 heteroatoms. The van der Waals surface area contributed by atoms with Gasteiger partial charge in [0.2, 0.25) is 0 Å². The van der Waals surface area contributed by atoms with Gasteiger partial charge in [0, 0.05) is 12.5 Å². The van der Waals surface area contributed by atoms with Gasteiger partial charge in [0.1, 0.15) is 11.7 Å². The Bertz CT molecular complexity index is 693. The Balaban J connectivity index is 1.78. The fourth-order valence-corrected chi connectivity index (χ4v) is 4.23. The average Bonchev–Trinajstić information content (AvgIpc) is 3.12. The molecule has 1 fully saturated rings. The number of aromatic nitrogens is 3. The molecular formula is C17H22N4O2. The van der Waals surface area contributed by atoms with Gasteiger partial charge in [-0.1, -0.05) is 29.5 Å². The summed E-state index contributed by atoms with van der Waals surface area (Å²) < 4.78 is 6.92. The fraction of sp³-hybridized carbons (Fsp3) is 0.529. The summed E-state index contributed by atoms with van der Waals surface area (Å²) >= 11 is 0. The number of benzene rings is 1. The van der Waals surface area contributed by atoms with Crippen LogP contribution in [0.2, 0.25) is 0 Å². The summed E-state index contributed by atoms with van der Waals surface area (Å²) in [5, 5.41) is 23.0. The van der Waals surface area contributed by atoms with E-state index in [0.29, 0.717) is 6.61 Å². The van der Waals surface area contributed by atoms with Crippen molar-refractivity contribution in [2.24, 2.45) is 0 Å². The maximum absolute atomic E-state index is 11.2. The Morgan fingerprint density at radius 2 is 2.13 bits per heavy atom. The summed E-state index contributed by atoms with van der Waals surface area (Å²) in [6, 6.07) is 8.19. The van der Waals surface area contributed by atoms with Crippen molar-refractivity contribution in [1.29, 1.82) is 0 Å². The Morgan fingerprint density at radius 3 is 2.91 bits per heavy atom. The van der Waals surface area contributed by atoms with Crippen LogP contribution in [0.15, 0.2) is 30.5 Å². The molecule has 1 aromatic carbocycles. The number of nitrogens with zero attached hydrogens (tertiary/aromatic N) is 3. The standard InChI is InChI=1S/C17H22N4O2/c1-23-11-12-10-21(20-19-12)15-13-4-2-3-5-14(13)17(16(15)22)6-8-18-9-7-17/h2-5,10,15-16,18,22H,6-9,11H2,1H3. The van der Waals surface area contributed by atoms with E-state index in [1.54, 1.807) is 11.8 Å². The van der Waals surface area contributed by atoms with Gasteiger partial charge >= 0.3 is 0 Å². The molecule has 2 atom stereocenters. The van der Waals surface area contributed by atoms with Gasteiger partial charge in [-0.3, -0.25) is 0 Å². The van der Waals surface area contributed by atoms with Crippen molar-refractivity contribution in [3.8, 4) is 0 Å². The predicted molar refractivity (Wildman–Crippen MR) is 85.1 cm³/mol. The third-order valence-corrected chi connectivity index (χ3v) is 5.31. The van der Waals surface area contributed by atoms with Crippen molar-refractivity contribution in [2.45, 2.75) is 37.0 Å². The molecule has 23 heavy (non-hydrogen) atoms. The minimum Gasteiger partial charge on any atom is -0.390 e. The highest BCUT2D eigenvalue weighted by Gasteiger charge is 2.52.